The molecule has 1 heterocycles. The zero-order chi connectivity index (χ0) is 20.2. The number of aromatic hydroxyl groups is 1. The van der Waals surface area contributed by atoms with Crippen LogP contribution in [0.3, 0.4) is 0 Å². The highest BCUT2D eigenvalue weighted by Crippen LogP contribution is 2.26. The molecule has 27 heavy (non-hydrogen) atoms. The van der Waals surface area contributed by atoms with Crippen LogP contribution in [0.1, 0.15) is 34.3 Å². The molecule has 0 spiro atoms. The average Bonchev–Trinajstić information content (AvgIpc) is 3.03. The summed E-state index contributed by atoms with van der Waals surface area (Å²) in [4.78, 5) is 27.5. The Kier molecular flexibility index (Phi) is 6.09. The molecular formula is C17H17F3N2O5. The van der Waals surface area contributed by atoms with Crippen molar-refractivity contribution in [2.45, 2.75) is 24.9 Å². The van der Waals surface area contributed by atoms with Gasteiger partial charge in [0.15, 0.2) is 11.6 Å². The third-order valence-corrected chi connectivity index (χ3v) is 3.69. The van der Waals surface area contributed by atoms with Crippen molar-refractivity contribution in [3.05, 3.63) is 47.7 Å². The molecule has 7 nitrogen and oxygen atoms in total. The van der Waals surface area contributed by atoms with Gasteiger partial charge in [0.25, 0.3) is 5.91 Å². The van der Waals surface area contributed by atoms with E-state index in [1.54, 1.807) is 12.1 Å². The molecule has 1 aromatic carbocycles. The number of rotatable bonds is 7. The number of phenolic OH excluding ortho intramolecular Hbond substituents is 1. The molecule has 0 radical (unpaired) electrons. The Labute approximate surface area is 152 Å². The van der Waals surface area contributed by atoms with E-state index in [0.29, 0.717) is 10.5 Å². The fraction of sp³-hybridized carbons (Fsp3) is 0.353. The van der Waals surface area contributed by atoms with Gasteiger partial charge in [0, 0.05) is 7.05 Å². The van der Waals surface area contributed by atoms with Gasteiger partial charge < -0.3 is 19.5 Å². The zero-order valence-electron chi connectivity index (χ0n) is 14.2. The Morgan fingerprint density at radius 3 is 2.44 bits per heavy atom. The maximum absolute atomic E-state index is 12.4. The molecule has 2 rings (SSSR count). The molecule has 1 unspecified atom stereocenters. The van der Waals surface area contributed by atoms with Crippen LogP contribution in [-0.4, -0.2) is 51.7 Å². The summed E-state index contributed by atoms with van der Waals surface area (Å²) in [7, 11) is 0.982. The Morgan fingerprint density at radius 2 is 1.89 bits per heavy atom. The quantitative estimate of drug-likeness (QED) is 0.758. The molecular weight excluding hydrogens is 369 g/mol. The van der Waals surface area contributed by atoms with E-state index in [2.05, 4.69) is 4.98 Å². The first kappa shape index (κ1) is 20.3. The summed E-state index contributed by atoms with van der Waals surface area (Å²) in [6, 6.07) is 6.06. The van der Waals surface area contributed by atoms with Crippen molar-refractivity contribution < 1.29 is 37.4 Å². The third kappa shape index (κ3) is 6.01. The van der Waals surface area contributed by atoms with Gasteiger partial charge in [-0.3, -0.25) is 9.59 Å². The summed E-state index contributed by atoms with van der Waals surface area (Å²) in [6.07, 6.45) is -3.80. The molecule has 2 N–H and O–H groups in total. The normalized spacial score (nSPS) is 12.6. The number of carboxylic acids is 1. The number of alkyl halides is 3. The van der Waals surface area contributed by atoms with Gasteiger partial charge in [0.1, 0.15) is 18.6 Å². The summed E-state index contributed by atoms with van der Waals surface area (Å²) in [5.41, 5.74) is 0.358. The molecule has 10 heteroatoms. The van der Waals surface area contributed by atoms with Crippen LogP contribution in [0.25, 0.3) is 0 Å². The second-order valence-corrected chi connectivity index (χ2v) is 6.01. The molecule has 1 aromatic heterocycles. The van der Waals surface area contributed by atoms with Crippen molar-refractivity contribution >= 4 is 11.9 Å². The van der Waals surface area contributed by atoms with Gasteiger partial charge in [-0.25, -0.2) is 4.98 Å². The van der Waals surface area contributed by atoms with E-state index in [4.69, 9.17) is 9.52 Å². The smallest absolute Gasteiger partial charge is 0.406 e. The molecule has 0 fully saturated rings. The number of carbonyl (C=O) groups excluding carboxylic acids is 1. The number of benzene rings is 1. The molecule has 2 aromatic rings. The number of oxazole rings is 1. The molecule has 0 saturated heterocycles. The lowest BCUT2D eigenvalue weighted by Gasteiger charge is -2.17. The molecule has 1 atom stereocenters. The van der Waals surface area contributed by atoms with Crippen molar-refractivity contribution in [3.63, 3.8) is 0 Å². The van der Waals surface area contributed by atoms with Gasteiger partial charge in [-0.2, -0.15) is 13.2 Å². The highest BCUT2D eigenvalue weighted by Gasteiger charge is 2.32. The van der Waals surface area contributed by atoms with Crippen molar-refractivity contribution in [2.24, 2.45) is 0 Å². The molecule has 1 amide bonds. The molecule has 0 bridgehead atoms. The molecule has 0 aliphatic heterocycles. The Bertz CT molecular complexity index is 802. The first-order valence-corrected chi connectivity index (χ1v) is 7.82. The van der Waals surface area contributed by atoms with Crippen molar-refractivity contribution in [3.8, 4) is 5.75 Å². The van der Waals surface area contributed by atoms with Crippen LogP contribution < -0.4 is 0 Å². The van der Waals surface area contributed by atoms with Crippen LogP contribution in [0.4, 0.5) is 13.2 Å². The number of hydrogen-bond acceptors (Lipinski definition) is 5. The molecule has 0 aliphatic carbocycles. The number of hydrogen-bond donors (Lipinski definition) is 2. The van der Waals surface area contributed by atoms with Gasteiger partial charge in [-0.05, 0) is 24.1 Å². The second-order valence-electron chi connectivity index (χ2n) is 6.01. The standard InChI is InChI=1S/C17H17F3N2O5/c1-22(9-17(18,19)20)16(26)13-8-27-15(21-13)11(7-14(24)25)6-10-2-4-12(23)5-3-10/h2-5,8,11,23H,6-7,9H2,1H3,(H,24,25). The maximum Gasteiger partial charge on any atom is 0.406 e. The van der Waals surface area contributed by atoms with Crippen molar-refractivity contribution in [2.75, 3.05) is 13.6 Å². The summed E-state index contributed by atoms with van der Waals surface area (Å²) < 4.78 is 42.4. The Hall–Kier alpha value is -3.04. The SMILES string of the molecule is CN(CC(F)(F)F)C(=O)c1coc(C(CC(=O)O)Cc2ccc(O)cc2)n1. The Balaban J connectivity index is 2.18. The lowest BCUT2D eigenvalue weighted by molar-refractivity contribution is -0.138. The number of carboxylic acid groups (broad SMARTS) is 1. The number of aromatic nitrogens is 1. The number of aliphatic carboxylic acids is 1. The fourth-order valence-electron chi connectivity index (χ4n) is 2.48. The number of halogens is 3. The monoisotopic (exact) mass is 386 g/mol. The topological polar surface area (TPSA) is 104 Å². The van der Waals surface area contributed by atoms with E-state index in [0.717, 1.165) is 13.3 Å². The first-order chi connectivity index (χ1) is 12.5. The average molecular weight is 386 g/mol. The molecule has 0 aliphatic rings. The summed E-state index contributed by atoms with van der Waals surface area (Å²) in [6.45, 7) is -1.44. The summed E-state index contributed by atoms with van der Waals surface area (Å²) >= 11 is 0. The molecule has 0 saturated carbocycles. The lowest BCUT2D eigenvalue weighted by Crippen LogP contribution is -2.36. The van der Waals surface area contributed by atoms with Crippen LogP contribution in [0.2, 0.25) is 0 Å². The number of nitrogens with zero attached hydrogens (tertiary/aromatic N) is 2. The lowest BCUT2D eigenvalue weighted by atomic mass is 9.96. The van der Waals surface area contributed by atoms with E-state index in [1.807, 2.05) is 0 Å². The minimum atomic E-state index is -4.55. The first-order valence-electron chi connectivity index (χ1n) is 7.82. The van der Waals surface area contributed by atoms with E-state index in [-0.39, 0.29) is 30.2 Å². The number of amides is 1. The number of carbonyl (C=O) groups is 2. The largest absolute Gasteiger partial charge is 0.508 e. The highest BCUT2D eigenvalue weighted by molar-refractivity contribution is 5.91. The van der Waals surface area contributed by atoms with E-state index in [1.165, 1.54) is 12.1 Å². The van der Waals surface area contributed by atoms with Gasteiger partial charge in [0.2, 0.25) is 0 Å². The van der Waals surface area contributed by atoms with Crippen LogP contribution in [0, 0.1) is 0 Å². The van der Waals surface area contributed by atoms with E-state index in [9.17, 15) is 27.9 Å². The highest BCUT2D eigenvalue weighted by atomic mass is 19.4. The minimum absolute atomic E-state index is 0.0465. The maximum atomic E-state index is 12.4. The van der Waals surface area contributed by atoms with E-state index < -0.39 is 30.5 Å². The summed E-state index contributed by atoms with van der Waals surface area (Å²) in [5, 5.41) is 18.4. The van der Waals surface area contributed by atoms with Gasteiger partial charge in [-0.15, -0.1) is 0 Å². The minimum Gasteiger partial charge on any atom is -0.508 e. The van der Waals surface area contributed by atoms with Crippen molar-refractivity contribution in [1.29, 1.82) is 0 Å². The Morgan fingerprint density at radius 1 is 1.26 bits per heavy atom. The van der Waals surface area contributed by atoms with Gasteiger partial charge >= 0.3 is 12.1 Å². The zero-order valence-corrected chi connectivity index (χ0v) is 14.2. The van der Waals surface area contributed by atoms with Crippen LogP contribution >= 0.6 is 0 Å². The summed E-state index contributed by atoms with van der Waals surface area (Å²) in [5.74, 6) is -2.86. The van der Waals surface area contributed by atoms with E-state index >= 15 is 0 Å². The number of phenols is 1. The van der Waals surface area contributed by atoms with Gasteiger partial charge in [-0.1, -0.05) is 12.1 Å². The van der Waals surface area contributed by atoms with Crippen molar-refractivity contribution in [1.82, 2.24) is 9.88 Å². The fourth-order valence-corrected chi connectivity index (χ4v) is 2.48. The second kappa shape index (κ2) is 8.11. The van der Waals surface area contributed by atoms with Crippen LogP contribution in [0.15, 0.2) is 34.9 Å². The predicted octanol–water partition coefficient (Wildman–Crippen LogP) is 2.82. The van der Waals surface area contributed by atoms with Crippen LogP contribution in [0.5, 0.6) is 5.75 Å². The predicted molar refractivity (Wildman–Crippen MR) is 86.3 cm³/mol. The van der Waals surface area contributed by atoms with Crippen LogP contribution in [-0.2, 0) is 11.2 Å². The van der Waals surface area contributed by atoms with Gasteiger partial charge in [0.05, 0.1) is 12.3 Å². The molecule has 146 valence electrons. The third-order valence-electron chi connectivity index (χ3n) is 3.69.